The zero-order chi connectivity index (χ0) is 14.0. The molecule has 0 fully saturated rings. The zero-order valence-corrected chi connectivity index (χ0v) is 11.1. The first-order valence-electron chi connectivity index (χ1n) is 5.97. The Labute approximate surface area is 110 Å². The molecule has 0 saturated heterocycles. The minimum Gasteiger partial charge on any atom is -0.444 e. The van der Waals surface area contributed by atoms with Gasteiger partial charge in [0, 0.05) is 17.1 Å². The predicted molar refractivity (Wildman–Crippen MR) is 74.4 cm³/mol. The van der Waals surface area contributed by atoms with Crippen molar-refractivity contribution >= 4 is 22.7 Å². The summed E-state index contributed by atoms with van der Waals surface area (Å²) in [4.78, 5) is 26.7. The number of fused-ring (bicyclic) bond motifs is 1. The molecule has 5 heteroatoms. The highest BCUT2D eigenvalue weighted by atomic mass is 16.6. The smallest absolute Gasteiger partial charge is 0.412 e. The summed E-state index contributed by atoms with van der Waals surface area (Å²) < 4.78 is 5.11. The van der Waals surface area contributed by atoms with Gasteiger partial charge in [0.1, 0.15) is 11.3 Å². The monoisotopic (exact) mass is 260 g/mol. The Balaban J connectivity index is 2.29. The van der Waals surface area contributed by atoms with E-state index in [0.717, 1.165) is 5.52 Å². The molecule has 0 spiro atoms. The summed E-state index contributed by atoms with van der Waals surface area (Å²) in [5, 5.41) is 2.98. The Bertz CT molecular complexity index is 668. The fraction of sp³-hybridized carbons (Fsp3) is 0.286. The number of ether oxygens (including phenoxy) is 1. The van der Waals surface area contributed by atoms with Crippen molar-refractivity contribution in [2.24, 2.45) is 0 Å². The van der Waals surface area contributed by atoms with Crippen molar-refractivity contribution in [3.05, 3.63) is 40.7 Å². The van der Waals surface area contributed by atoms with Crippen molar-refractivity contribution in [1.29, 1.82) is 0 Å². The van der Waals surface area contributed by atoms with E-state index in [4.69, 9.17) is 4.74 Å². The first kappa shape index (κ1) is 13.1. The molecule has 1 aromatic heterocycles. The maximum absolute atomic E-state index is 12.1. The molecule has 1 aromatic carbocycles. The number of anilines is 1. The second-order valence-electron chi connectivity index (χ2n) is 5.20. The van der Waals surface area contributed by atoms with Gasteiger partial charge in [-0.1, -0.05) is 12.1 Å². The molecule has 19 heavy (non-hydrogen) atoms. The van der Waals surface area contributed by atoms with Crippen LogP contribution in [-0.4, -0.2) is 16.7 Å². The van der Waals surface area contributed by atoms with Crippen LogP contribution in [0.1, 0.15) is 20.8 Å². The Morgan fingerprint density at radius 2 is 1.95 bits per heavy atom. The van der Waals surface area contributed by atoms with Crippen LogP contribution < -0.4 is 10.7 Å². The number of nitrogens with one attached hydrogen (secondary N) is 2. The van der Waals surface area contributed by atoms with Gasteiger partial charge in [-0.25, -0.2) is 4.79 Å². The average Bonchev–Trinajstić information content (AvgIpc) is 2.31. The third kappa shape index (κ3) is 3.13. The van der Waals surface area contributed by atoms with Gasteiger partial charge in [-0.2, -0.15) is 0 Å². The maximum atomic E-state index is 12.1. The van der Waals surface area contributed by atoms with Crippen molar-refractivity contribution in [2.75, 3.05) is 5.32 Å². The van der Waals surface area contributed by atoms with Gasteiger partial charge in [0.25, 0.3) is 0 Å². The van der Waals surface area contributed by atoms with Crippen molar-refractivity contribution in [1.82, 2.24) is 4.98 Å². The van der Waals surface area contributed by atoms with Crippen LogP contribution in [0.2, 0.25) is 0 Å². The van der Waals surface area contributed by atoms with Crippen LogP contribution >= 0.6 is 0 Å². The molecular weight excluding hydrogens is 244 g/mol. The minimum atomic E-state index is -0.645. The van der Waals surface area contributed by atoms with Crippen molar-refractivity contribution in [3.8, 4) is 0 Å². The van der Waals surface area contributed by atoms with Crippen molar-refractivity contribution in [3.63, 3.8) is 0 Å². The van der Waals surface area contributed by atoms with E-state index in [0.29, 0.717) is 5.39 Å². The fourth-order valence-electron chi connectivity index (χ4n) is 1.67. The normalized spacial score (nSPS) is 11.3. The lowest BCUT2D eigenvalue weighted by Gasteiger charge is -2.19. The molecule has 5 nitrogen and oxygen atoms in total. The van der Waals surface area contributed by atoms with E-state index in [9.17, 15) is 9.59 Å². The molecule has 0 aliphatic carbocycles. The van der Waals surface area contributed by atoms with Gasteiger partial charge < -0.3 is 9.72 Å². The highest BCUT2D eigenvalue weighted by Crippen LogP contribution is 2.12. The van der Waals surface area contributed by atoms with E-state index in [1.807, 2.05) is 6.07 Å². The molecule has 0 aliphatic rings. The number of benzene rings is 1. The topological polar surface area (TPSA) is 71.2 Å². The Morgan fingerprint density at radius 3 is 2.63 bits per heavy atom. The van der Waals surface area contributed by atoms with E-state index in [1.165, 1.54) is 6.20 Å². The number of hydrogen-bond acceptors (Lipinski definition) is 3. The molecule has 100 valence electrons. The van der Waals surface area contributed by atoms with Crippen LogP contribution in [0.4, 0.5) is 10.5 Å². The summed E-state index contributed by atoms with van der Waals surface area (Å²) >= 11 is 0. The second kappa shape index (κ2) is 4.76. The average molecular weight is 260 g/mol. The summed E-state index contributed by atoms with van der Waals surface area (Å²) in [5.74, 6) is 0. The first-order valence-corrected chi connectivity index (χ1v) is 5.97. The number of hydrogen-bond donors (Lipinski definition) is 2. The Kier molecular flexibility index (Phi) is 3.29. The minimum absolute atomic E-state index is 0.174. The van der Waals surface area contributed by atoms with E-state index >= 15 is 0 Å². The predicted octanol–water partition coefficient (Wildman–Crippen LogP) is 2.88. The van der Waals surface area contributed by atoms with Gasteiger partial charge in [-0.3, -0.25) is 10.1 Å². The lowest BCUT2D eigenvalue weighted by atomic mass is 10.2. The summed E-state index contributed by atoms with van der Waals surface area (Å²) in [7, 11) is 0. The fourth-order valence-corrected chi connectivity index (χ4v) is 1.67. The summed E-state index contributed by atoms with van der Waals surface area (Å²) in [6.07, 6.45) is 0.822. The number of aromatic amines is 1. The third-order valence-electron chi connectivity index (χ3n) is 2.42. The van der Waals surface area contributed by atoms with Crippen LogP contribution in [0.25, 0.3) is 10.9 Å². The number of carbonyl (C=O) groups excluding carboxylic acids is 1. The van der Waals surface area contributed by atoms with E-state index in [2.05, 4.69) is 10.3 Å². The van der Waals surface area contributed by atoms with Gasteiger partial charge in [0.2, 0.25) is 5.43 Å². The van der Waals surface area contributed by atoms with E-state index in [-0.39, 0.29) is 11.1 Å². The van der Waals surface area contributed by atoms with E-state index < -0.39 is 11.7 Å². The largest absolute Gasteiger partial charge is 0.444 e. The van der Waals surface area contributed by atoms with Gasteiger partial charge >= 0.3 is 6.09 Å². The van der Waals surface area contributed by atoms with Crippen LogP contribution in [0.5, 0.6) is 0 Å². The van der Waals surface area contributed by atoms with Gasteiger partial charge in [0.15, 0.2) is 0 Å². The molecule has 0 bridgehead atoms. The van der Waals surface area contributed by atoms with Gasteiger partial charge in [-0.05, 0) is 32.9 Å². The number of pyridine rings is 1. The number of amides is 1. The van der Waals surface area contributed by atoms with Crippen LogP contribution in [0.3, 0.4) is 0 Å². The van der Waals surface area contributed by atoms with Crippen LogP contribution in [0, 0.1) is 0 Å². The summed E-state index contributed by atoms with van der Waals surface area (Å²) in [5.41, 5.74) is 0.0589. The van der Waals surface area contributed by atoms with Gasteiger partial charge in [0.05, 0.1) is 0 Å². The quantitative estimate of drug-likeness (QED) is 0.828. The molecule has 0 radical (unpaired) electrons. The highest BCUT2D eigenvalue weighted by Gasteiger charge is 2.17. The Morgan fingerprint density at radius 1 is 1.26 bits per heavy atom. The molecule has 2 rings (SSSR count). The SMILES string of the molecule is CC(C)(C)OC(=O)Nc1c[nH]c2ccccc2c1=O. The van der Waals surface area contributed by atoms with Crippen molar-refractivity contribution < 1.29 is 9.53 Å². The third-order valence-corrected chi connectivity index (χ3v) is 2.42. The number of aromatic nitrogens is 1. The highest BCUT2D eigenvalue weighted by molar-refractivity contribution is 5.88. The molecule has 0 aliphatic heterocycles. The molecule has 2 N–H and O–H groups in total. The van der Waals surface area contributed by atoms with Crippen LogP contribution in [0.15, 0.2) is 35.3 Å². The van der Waals surface area contributed by atoms with Gasteiger partial charge in [-0.15, -0.1) is 0 Å². The number of para-hydroxylation sites is 1. The first-order chi connectivity index (χ1) is 8.87. The van der Waals surface area contributed by atoms with Crippen molar-refractivity contribution in [2.45, 2.75) is 26.4 Å². The number of rotatable bonds is 1. The lowest BCUT2D eigenvalue weighted by molar-refractivity contribution is 0.0636. The Hall–Kier alpha value is -2.30. The summed E-state index contributed by atoms with van der Waals surface area (Å²) in [6, 6.07) is 7.11. The molecule has 2 aromatic rings. The molecule has 0 atom stereocenters. The molecule has 1 amide bonds. The van der Waals surface area contributed by atoms with E-state index in [1.54, 1.807) is 39.0 Å². The zero-order valence-electron chi connectivity index (χ0n) is 11.1. The summed E-state index contributed by atoms with van der Waals surface area (Å²) in [6.45, 7) is 5.28. The number of carbonyl (C=O) groups is 1. The van der Waals surface area contributed by atoms with Crippen LogP contribution in [-0.2, 0) is 4.74 Å². The maximum Gasteiger partial charge on any atom is 0.412 e. The lowest BCUT2D eigenvalue weighted by Crippen LogP contribution is -2.28. The molecular formula is C14H16N2O3. The molecule has 1 heterocycles. The molecule has 0 saturated carbocycles. The molecule has 0 unspecified atom stereocenters. The standard InChI is InChI=1S/C14H16N2O3/c1-14(2,3)19-13(18)16-11-8-15-10-7-5-4-6-9(10)12(11)17/h4-8H,1-3H3,(H,15,17)(H,16,18). The number of H-pyrrole nitrogens is 1. The second-order valence-corrected chi connectivity index (χ2v) is 5.20.